The number of fused-ring (bicyclic) bond motifs is 1. The first-order valence-corrected chi connectivity index (χ1v) is 7.47. The van der Waals surface area contributed by atoms with Crippen LogP contribution in [0.15, 0.2) is 0 Å². The molecule has 1 aliphatic carbocycles. The third-order valence-corrected chi connectivity index (χ3v) is 4.47. The highest BCUT2D eigenvalue weighted by atomic mass is 16.2. The van der Waals surface area contributed by atoms with Gasteiger partial charge in [-0.2, -0.15) is 5.26 Å². The van der Waals surface area contributed by atoms with Gasteiger partial charge < -0.3 is 10.6 Å². The zero-order valence-electron chi connectivity index (χ0n) is 12.0. The number of amides is 1. The van der Waals surface area contributed by atoms with E-state index in [9.17, 15) is 4.79 Å². The van der Waals surface area contributed by atoms with E-state index in [4.69, 9.17) is 5.26 Å². The third kappa shape index (κ3) is 3.70. The van der Waals surface area contributed by atoms with E-state index < -0.39 is 5.41 Å². The molecule has 2 rings (SSSR count). The van der Waals surface area contributed by atoms with Crippen molar-refractivity contribution in [2.24, 2.45) is 11.3 Å². The molecule has 2 aliphatic rings. The highest BCUT2D eigenvalue weighted by Gasteiger charge is 2.34. The van der Waals surface area contributed by atoms with Crippen LogP contribution in [0.5, 0.6) is 0 Å². The van der Waals surface area contributed by atoms with Gasteiger partial charge in [-0.1, -0.05) is 12.8 Å². The summed E-state index contributed by atoms with van der Waals surface area (Å²) in [6, 6.07) is 2.68. The summed E-state index contributed by atoms with van der Waals surface area (Å²) in [5, 5.41) is 15.4. The van der Waals surface area contributed by atoms with Crippen molar-refractivity contribution in [3.63, 3.8) is 0 Å². The van der Waals surface area contributed by atoms with Crippen LogP contribution in [0.3, 0.4) is 0 Å². The maximum Gasteiger partial charge on any atom is 0.237 e. The van der Waals surface area contributed by atoms with Crippen LogP contribution in [0.25, 0.3) is 0 Å². The summed E-state index contributed by atoms with van der Waals surface area (Å²) in [7, 11) is 0. The molecule has 0 aromatic carbocycles. The van der Waals surface area contributed by atoms with Crippen LogP contribution in [0.1, 0.15) is 52.4 Å². The van der Waals surface area contributed by atoms with Crippen LogP contribution < -0.4 is 10.6 Å². The topological polar surface area (TPSA) is 64.9 Å². The maximum absolute atomic E-state index is 12.2. The first kappa shape index (κ1) is 14.3. The summed E-state index contributed by atoms with van der Waals surface area (Å²) in [5.74, 6) is 0.834. The highest BCUT2D eigenvalue weighted by molar-refractivity contribution is 5.81. The first-order chi connectivity index (χ1) is 9.02. The van der Waals surface area contributed by atoms with Crippen LogP contribution in [0, 0.1) is 22.7 Å². The fourth-order valence-corrected chi connectivity index (χ4v) is 3.17. The van der Waals surface area contributed by atoms with Crippen molar-refractivity contribution in [1.82, 2.24) is 10.6 Å². The zero-order chi connectivity index (χ0) is 13.9. The van der Waals surface area contributed by atoms with Crippen LogP contribution in [0.4, 0.5) is 0 Å². The molecule has 1 saturated heterocycles. The van der Waals surface area contributed by atoms with Gasteiger partial charge in [-0.15, -0.1) is 0 Å². The van der Waals surface area contributed by atoms with Crippen molar-refractivity contribution in [2.45, 2.75) is 64.5 Å². The summed E-state index contributed by atoms with van der Waals surface area (Å²) in [4.78, 5) is 12.2. The van der Waals surface area contributed by atoms with E-state index in [1.165, 1.54) is 25.7 Å². The molecule has 3 unspecified atom stereocenters. The lowest BCUT2D eigenvalue weighted by atomic mass is 9.77. The number of nitrogens with one attached hydrogen (secondary N) is 2. The molecule has 0 bridgehead atoms. The predicted octanol–water partition coefficient (Wildman–Crippen LogP) is 1.96. The van der Waals surface area contributed by atoms with Gasteiger partial charge in [0.1, 0.15) is 0 Å². The molecule has 1 heterocycles. The average molecular weight is 263 g/mol. The second-order valence-electron chi connectivity index (χ2n) is 6.66. The van der Waals surface area contributed by atoms with Crippen LogP contribution >= 0.6 is 0 Å². The van der Waals surface area contributed by atoms with E-state index >= 15 is 0 Å². The van der Waals surface area contributed by atoms with Crippen molar-refractivity contribution in [3.05, 3.63) is 0 Å². The Morgan fingerprint density at radius 1 is 1.32 bits per heavy atom. The van der Waals surface area contributed by atoms with Gasteiger partial charge in [-0.05, 0) is 45.4 Å². The number of piperidine rings is 1. The van der Waals surface area contributed by atoms with E-state index in [0.717, 1.165) is 18.8 Å². The van der Waals surface area contributed by atoms with Gasteiger partial charge in [0.05, 0.1) is 17.5 Å². The smallest absolute Gasteiger partial charge is 0.237 e. The Bertz CT molecular complexity index is 372. The van der Waals surface area contributed by atoms with Gasteiger partial charge in [0, 0.05) is 12.6 Å². The lowest BCUT2D eigenvalue weighted by Gasteiger charge is -2.40. The monoisotopic (exact) mass is 263 g/mol. The van der Waals surface area contributed by atoms with Gasteiger partial charge >= 0.3 is 0 Å². The normalized spacial score (nSPS) is 31.1. The molecule has 0 spiro atoms. The Labute approximate surface area is 115 Å². The van der Waals surface area contributed by atoms with Crippen molar-refractivity contribution in [2.75, 3.05) is 6.54 Å². The van der Waals surface area contributed by atoms with Crippen LogP contribution in [0.2, 0.25) is 0 Å². The fourth-order valence-electron chi connectivity index (χ4n) is 3.17. The van der Waals surface area contributed by atoms with Crippen molar-refractivity contribution < 1.29 is 4.79 Å². The molecule has 0 radical (unpaired) electrons. The molecule has 2 N–H and O–H groups in total. The second kappa shape index (κ2) is 5.92. The summed E-state index contributed by atoms with van der Waals surface area (Å²) in [5.41, 5.74) is -0.488. The Balaban J connectivity index is 1.82. The molecule has 1 aliphatic heterocycles. The number of carbonyl (C=O) groups is 1. The summed E-state index contributed by atoms with van der Waals surface area (Å²) in [6.07, 6.45) is 7.24. The average Bonchev–Trinajstić information content (AvgIpc) is 2.44. The highest BCUT2D eigenvalue weighted by Crippen LogP contribution is 2.32. The lowest BCUT2D eigenvalue weighted by molar-refractivity contribution is -0.124. The summed E-state index contributed by atoms with van der Waals surface area (Å²) in [6.45, 7) is 4.12. The number of rotatable bonds is 3. The molecular weight excluding hydrogens is 238 g/mol. The number of hydrogen-bond donors (Lipinski definition) is 2. The van der Waals surface area contributed by atoms with Gasteiger partial charge in [-0.3, -0.25) is 4.79 Å². The Kier molecular flexibility index (Phi) is 4.46. The van der Waals surface area contributed by atoms with Gasteiger partial charge in [0.2, 0.25) is 5.91 Å². The molecule has 2 fully saturated rings. The molecule has 0 aromatic rings. The standard InChI is InChI=1S/C15H25N3O/c1-15(2,9-16)10-17-14(19)13-8-7-11-5-3-4-6-12(11)18-13/h11-13,18H,3-8,10H2,1-2H3,(H,17,19). The molecule has 0 aromatic heterocycles. The van der Waals surface area contributed by atoms with E-state index in [2.05, 4.69) is 16.7 Å². The van der Waals surface area contributed by atoms with Crippen molar-refractivity contribution >= 4 is 5.91 Å². The van der Waals surface area contributed by atoms with Gasteiger partial charge in [0.15, 0.2) is 0 Å². The van der Waals surface area contributed by atoms with E-state index in [0.29, 0.717) is 12.6 Å². The lowest BCUT2D eigenvalue weighted by Crippen LogP contribution is -2.55. The SMILES string of the molecule is CC(C)(C#N)CNC(=O)C1CCC2CCCCC2N1. The Hall–Kier alpha value is -1.08. The largest absolute Gasteiger partial charge is 0.353 e. The number of carbonyl (C=O) groups excluding carboxylic acids is 1. The van der Waals surface area contributed by atoms with Crippen molar-refractivity contribution in [1.29, 1.82) is 5.26 Å². The van der Waals surface area contributed by atoms with Gasteiger partial charge in [0.25, 0.3) is 0 Å². The molecule has 1 amide bonds. The zero-order valence-corrected chi connectivity index (χ0v) is 12.0. The number of nitriles is 1. The van der Waals surface area contributed by atoms with E-state index in [-0.39, 0.29) is 11.9 Å². The molecule has 3 atom stereocenters. The first-order valence-electron chi connectivity index (χ1n) is 7.47. The minimum atomic E-state index is -0.488. The maximum atomic E-state index is 12.2. The molecule has 4 heteroatoms. The molecule has 4 nitrogen and oxygen atoms in total. The summed E-state index contributed by atoms with van der Waals surface area (Å²) < 4.78 is 0. The number of nitrogens with zero attached hydrogens (tertiary/aromatic N) is 1. The van der Waals surface area contributed by atoms with Crippen LogP contribution in [-0.4, -0.2) is 24.5 Å². The minimum Gasteiger partial charge on any atom is -0.353 e. The van der Waals surface area contributed by atoms with E-state index in [1.807, 2.05) is 13.8 Å². The fraction of sp³-hybridized carbons (Fsp3) is 0.867. The minimum absolute atomic E-state index is 0.0613. The van der Waals surface area contributed by atoms with Crippen LogP contribution in [-0.2, 0) is 4.79 Å². The van der Waals surface area contributed by atoms with E-state index in [1.54, 1.807) is 0 Å². The molecule has 19 heavy (non-hydrogen) atoms. The Morgan fingerprint density at radius 3 is 2.79 bits per heavy atom. The molecule has 106 valence electrons. The molecular formula is C15H25N3O. The predicted molar refractivity (Wildman–Crippen MR) is 74.3 cm³/mol. The van der Waals surface area contributed by atoms with Crippen molar-refractivity contribution in [3.8, 4) is 6.07 Å². The molecule has 1 saturated carbocycles. The number of hydrogen-bond acceptors (Lipinski definition) is 3. The Morgan fingerprint density at radius 2 is 2.05 bits per heavy atom. The second-order valence-corrected chi connectivity index (χ2v) is 6.66. The third-order valence-electron chi connectivity index (χ3n) is 4.47. The van der Waals surface area contributed by atoms with Gasteiger partial charge in [-0.25, -0.2) is 0 Å². The quantitative estimate of drug-likeness (QED) is 0.818. The summed E-state index contributed by atoms with van der Waals surface area (Å²) >= 11 is 0.